The van der Waals surface area contributed by atoms with Crippen molar-refractivity contribution in [1.29, 1.82) is 0 Å². The molecule has 0 radical (unpaired) electrons. The molecular weight excluding hydrogens is 645 g/mol. The Balaban J connectivity index is 3.21. The summed E-state index contributed by atoms with van der Waals surface area (Å²) in [5.74, 6) is 4.98. The maximum atomic E-state index is 11.7. The molecule has 2 N–H and O–H groups in total. The highest BCUT2D eigenvalue weighted by Crippen LogP contribution is 2.14. The molecule has 220 valence electrons. The van der Waals surface area contributed by atoms with Crippen LogP contribution in [0.25, 0.3) is 0 Å². The van der Waals surface area contributed by atoms with E-state index in [2.05, 4.69) is 0 Å². The minimum absolute atomic E-state index is 0.0727. The fourth-order valence-corrected chi connectivity index (χ4v) is 6.96. The molecule has 0 fully saturated rings. The van der Waals surface area contributed by atoms with Crippen LogP contribution in [0.3, 0.4) is 0 Å². The van der Waals surface area contributed by atoms with Gasteiger partial charge in [0, 0.05) is 33.2 Å². The van der Waals surface area contributed by atoms with Crippen LogP contribution in [0.15, 0.2) is 0 Å². The summed E-state index contributed by atoms with van der Waals surface area (Å²) in [6, 6.07) is 0. The summed E-state index contributed by atoms with van der Waals surface area (Å²) < 4.78 is 10.2. The standard InChI is InChI=1S/C19H36O10S8/c20-10-32-16-35-12-24-18(22)2-6-30-5-1-3-26-28-14-34-13-25-19(23)37-9-8-31-7-4-27-29-15-36-17-33-11-21/h20-21H,1-17H2. The number of hydrogen-bond acceptors (Lipinski definition) is 18. The van der Waals surface area contributed by atoms with Crippen molar-refractivity contribution in [1.82, 2.24) is 0 Å². The predicted octanol–water partition coefficient (Wildman–Crippen LogP) is 4.85. The largest absolute Gasteiger partial charge is 0.455 e. The van der Waals surface area contributed by atoms with Crippen LogP contribution in [0, 0.1) is 0 Å². The molecule has 0 rings (SSSR count). The van der Waals surface area contributed by atoms with E-state index in [9.17, 15) is 9.59 Å². The molecule has 0 atom stereocenters. The van der Waals surface area contributed by atoms with Crippen LogP contribution in [0.2, 0.25) is 0 Å². The summed E-state index contributed by atoms with van der Waals surface area (Å²) in [4.78, 5) is 43.3. The molecule has 0 heterocycles. The van der Waals surface area contributed by atoms with Gasteiger partial charge in [0.1, 0.15) is 23.8 Å². The SMILES string of the molecule is O=C(CCSCCCOOCSCOC(=O)SCCSCCOOCSCSCO)OCSCSCO. The van der Waals surface area contributed by atoms with Gasteiger partial charge in [-0.2, -0.15) is 23.5 Å². The predicted molar refractivity (Wildman–Crippen MR) is 164 cm³/mol. The van der Waals surface area contributed by atoms with E-state index in [1.807, 2.05) is 0 Å². The second-order valence-electron chi connectivity index (χ2n) is 5.95. The summed E-state index contributed by atoms with van der Waals surface area (Å²) >= 11 is 11.5. The van der Waals surface area contributed by atoms with E-state index in [1.54, 1.807) is 23.5 Å². The van der Waals surface area contributed by atoms with Gasteiger partial charge in [-0.1, -0.05) is 11.8 Å². The number of rotatable bonds is 29. The van der Waals surface area contributed by atoms with Crippen LogP contribution < -0.4 is 0 Å². The Bertz CT molecular complexity index is 513. The Hall–Kier alpha value is 1.50. The third kappa shape index (κ3) is 33.6. The molecule has 0 spiro atoms. The Morgan fingerprint density at radius 2 is 1.22 bits per heavy atom. The molecule has 37 heavy (non-hydrogen) atoms. The van der Waals surface area contributed by atoms with Gasteiger partial charge >= 0.3 is 11.3 Å². The van der Waals surface area contributed by atoms with Crippen LogP contribution in [0.1, 0.15) is 12.8 Å². The summed E-state index contributed by atoms with van der Waals surface area (Å²) in [6.07, 6.45) is 1.17. The van der Waals surface area contributed by atoms with Gasteiger partial charge in [0.25, 0.3) is 0 Å². The van der Waals surface area contributed by atoms with E-state index in [1.165, 1.54) is 58.8 Å². The van der Waals surface area contributed by atoms with Crippen LogP contribution in [-0.2, 0) is 33.8 Å². The molecule has 0 aliphatic rings. The van der Waals surface area contributed by atoms with Crippen molar-refractivity contribution in [2.24, 2.45) is 0 Å². The molecular formula is C19H36O10S8. The molecule has 0 aromatic heterocycles. The number of hydrogen-bond donors (Lipinski definition) is 2. The van der Waals surface area contributed by atoms with Gasteiger partial charge in [0.2, 0.25) is 0 Å². The van der Waals surface area contributed by atoms with Gasteiger partial charge < -0.3 is 19.7 Å². The smallest absolute Gasteiger partial charge is 0.368 e. The van der Waals surface area contributed by atoms with Crippen molar-refractivity contribution < 1.29 is 48.8 Å². The quantitative estimate of drug-likeness (QED) is 0.0367. The third-order valence-electron chi connectivity index (χ3n) is 3.23. The number of ether oxygens (including phenoxy) is 2. The zero-order valence-corrected chi connectivity index (χ0v) is 27.0. The molecule has 10 nitrogen and oxygen atoms in total. The summed E-state index contributed by atoms with van der Waals surface area (Å²) in [5, 5.41) is 18.4. The van der Waals surface area contributed by atoms with Crippen LogP contribution in [0.5, 0.6) is 0 Å². The molecule has 0 amide bonds. The highest BCUT2D eigenvalue weighted by molar-refractivity contribution is 8.16. The monoisotopic (exact) mass is 680 g/mol. The highest BCUT2D eigenvalue weighted by Gasteiger charge is 2.05. The van der Waals surface area contributed by atoms with Gasteiger partial charge in [-0.3, -0.25) is 4.79 Å². The second kappa shape index (κ2) is 33.7. The fraction of sp³-hybridized carbons (Fsp3) is 0.895. The summed E-state index contributed by atoms with van der Waals surface area (Å²) in [7, 11) is 0. The zero-order valence-electron chi connectivity index (χ0n) is 20.4. The first-order valence-electron chi connectivity index (χ1n) is 10.9. The van der Waals surface area contributed by atoms with Crippen LogP contribution >= 0.6 is 94.1 Å². The third-order valence-corrected chi connectivity index (χ3v) is 10.4. The molecule has 18 heteroatoms. The van der Waals surface area contributed by atoms with Crippen molar-refractivity contribution in [3.63, 3.8) is 0 Å². The minimum atomic E-state index is -0.313. The maximum Gasteiger partial charge on any atom is 0.368 e. The zero-order chi connectivity index (χ0) is 27.1. The van der Waals surface area contributed by atoms with E-state index in [0.717, 1.165) is 40.5 Å². The molecule has 0 aliphatic heterocycles. The Kier molecular flexibility index (Phi) is 35.1. The average Bonchev–Trinajstić information content (AvgIpc) is 2.89. The lowest BCUT2D eigenvalue weighted by molar-refractivity contribution is -0.278. The van der Waals surface area contributed by atoms with Gasteiger partial charge in [0.15, 0.2) is 0 Å². The first-order valence-corrected chi connectivity index (χ1v) is 20.0. The lowest BCUT2D eigenvalue weighted by Crippen LogP contribution is -2.06. The van der Waals surface area contributed by atoms with Gasteiger partial charge in [-0.25, -0.2) is 24.3 Å². The van der Waals surface area contributed by atoms with Crippen LogP contribution in [-0.4, -0.2) is 109 Å². The number of aliphatic hydroxyl groups is 2. The van der Waals surface area contributed by atoms with Gasteiger partial charge in [-0.15, -0.1) is 47.0 Å². The summed E-state index contributed by atoms with van der Waals surface area (Å²) in [6.45, 7) is 0.929. The molecule has 0 saturated heterocycles. The Morgan fingerprint density at radius 3 is 1.97 bits per heavy atom. The topological polar surface area (TPSA) is 130 Å². The number of thioether (sulfide) groups is 8. The number of carbonyl (C=O) groups is 2. The lowest BCUT2D eigenvalue weighted by atomic mass is 10.5. The van der Waals surface area contributed by atoms with E-state index in [0.29, 0.717) is 48.1 Å². The Morgan fingerprint density at radius 1 is 0.568 bits per heavy atom. The van der Waals surface area contributed by atoms with E-state index >= 15 is 0 Å². The van der Waals surface area contributed by atoms with Crippen molar-refractivity contribution in [3.05, 3.63) is 0 Å². The normalized spacial score (nSPS) is 11.1. The van der Waals surface area contributed by atoms with Gasteiger partial charge in [-0.05, 0) is 23.9 Å². The highest BCUT2D eigenvalue weighted by atomic mass is 32.2. The molecule has 0 bridgehead atoms. The van der Waals surface area contributed by atoms with E-state index in [4.69, 9.17) is 39.2 Å². The van der Waals surface area contributed by atoms with Crippen molar-refractivity contribution in [2.45, 2.75) is 12.8 Å². The van der Waals surface area contributed by atoms with Gasteiger partial charge in [0.05, 0.1) is 31.5 Å². The number of carbonyl (C=O) groups excluding carboxylic acids is 2. The molecule has 0 aliphatic carbocycles. The van der Waals surface area contributed by atoms with Crippen molar-refractivity contribution >= 4 is 105 Å². The first kappa shape index (κ1) is 38.5. The molecule has 0 saturated carbocycles. The molecule has 0 unspecified atom stereocenters. The average molecular weight is 681 g/mol. The first-order chi connectivity index (χ1) is 18.2. The number of esters is 1. The minimum Gasteiger partial charge on any atom is -0.455 e. The fourth-order valence-electron chi connectivity index (χ4n) is 1.72. The van der Waals surface area contributed by atoms with E-state index in [-0.39, 0.29) is 35.0 Å². The van der Waals surface area contributed by atoms with E-state index < -0.39 is 0 Å². The van der Waals surface area contributed by atoms with Crippen molar-refractivity contribution in [3.8, 4) is 0 Å². The second-order valence-corrected chi connectivity index (χ2v) is 14.8. The summed E-state index contributed by atoms with van der Waals surface area (Å²) in [5.41, 5.74) is 0. The van der Waals surface area contributed by atoms with Crippen molar-refractivity contribution in [2.75, 3.05) is 87.8 Å². The Labute approximate surface area is 253 Å². The molecule has 0 aromatic rings. The lowest BCUT2D eigenvalue weighted by Gasteiger charge is -2.06. The maximum absolute atomic E-state index is 11.7. The van der Waals surface area contributed by atoms with Crippen LogP contribution in [0.4, 0.5) is 4.79 Å². The number of aliphatic hydroxyl groups excluding tert-OH is 2. The molecule has 0 aromatic carbocycles.